The fourth-order valence-corrected chi connectivity index (χ4v) is 4.62. The van der Waals surface area contributed by atoms with Gasteiger partial charge in [0.05, 0.1) is 14.2 Å². The number of benzene rings is 4. The van der Waals surface area contributed by atoms with E-state index in [9.17, 15) is 0 Å². The number of halogens is 1. The highest BCUT2D eigenvalue weighted by Crippen LogP contribution is 2.45. The average molecular weight is 463 g/mol. The molecule has 0 N–H and O–H groups in total. The van der Waals surface area contributed by atoms with Gasteiger partial charge in [-0.1, -0.05) is 76.9 Å². The molecule has 0 saturated carbocycles. The first-order valence-electron chi connectivity index (χ1n) is 10.5. The minimum atomic E-state index is 0.860. The number of unbranched alkanes of at least 4 members (excludes halogenated alkanes) is 2. The molecule has 0 saturated heterocycles. The molecule has 0 bridgehead atoms. The van der Waals surface area contributed by atoms with E-state index < -0.39 is 0 Å². The lowest BCUT2D eigenvalue weighted by molar-refractivity contribution is 0.411. The van der Waals surface area contributed by atoms with Crippen LogP contribution in [0.15, 0.2) is 66.7 Å². The number of methoxy groups -OCH3 is 2. The lowest BCUT2D eigenvalue weighted by Gasteiger charge is -2.18. The third-order valence-corrected chi connectivity index (χ3v) is 6.29. The first kappa shape index (κ1) is 20.7. The Morgan fingerprint density at radius 3 is 2.03 bits per heavy atom. The normalized spacial score (nSPS) is 11.2. The smallest absolute Gasteiger partial charge is 0.127 e. The number of ether oxygens (including phenoxy) is 2. The molecular weight excluding hydrogens is 436 g/mol. The van der Waals surface area contributed by atoms with Crippen LogP contribution in [0.5, 0.6) is 11.5 Å². The summed E-state index contributed by atoms with van der Waals surface area (Å²) in [7, 11) is 3.47. The van der Waals surface area contributed by atoms with E-state index in [1.807, 2.05) is 6.07 Å². The SMILES string of the molecule is COc1ccc2ccccc2c1-c1c(OC)ccc2cc(CCCCCBr)ccc12. The predicted octanol–water partition coefficient (Wildman–Crippen LogP) is 7.78. The van der Waals surface area contributed by atoms with Crippen molar-refractivity contribution in [2.24, 2.45) is 0 Å². The molecule has 0 spiro atoms. The van der Waals surface area contributed by atoms with E-state index in [0.29, 0.717) is 0 Å². The lowest BCUT2D eigenvalue weighted by atomic mass is 9.91. The maximum atomic E-state index is 5.82. The van der Waals surface area contributed by atoms with Gasteiger partial charge in [0.1, 0.15) is 11.5 Å². The van der Waals surface area contributed by atoms with Gasteiger partial charge in [-0.25, -0.2) is 0 Å². The molecule has 0 amide bonds. The van der Waals surface area contributed by atoms with E-state index in [0.717, 1.165) is 34.4 Å². The van der Waals surface area contributed by atoms with Crippen molar-refractivity contribution >= 4 is 37.5 Å². The molecule has 0 radical (unpaired) electrons. The molecular formula is C27H27BrO2. The summed E-state index contributed by atoms with van der Waals surface area (Å²) < 4.78 is 11.6. The number of hydrogen-bond acceptors (Lipinski definition) is 2. The topological polar surface area (TPSA) is 18.5 Å². The van der Waals surface area contributed by atoms with Crippen LogP contribution in [0.4, 0.5) is 0 Å². The molecule has 4 rings (SSSR count). The molecule has 0 aliphatic rings. The lowest BCUT2D eigenvalue weighted by Crippen LogP contribution is -1.95. The Kier molecular flexibility index (Phi) is 6.59. The standard InChI is InChI=1S/C27H27BrO2/c1-29-24-15-12-20-9-5-6-10-22(20)26(24)27-23-14-11-19(8-4-3-7-17-28)18-21(23)13-16-25(27)30-2/h5-6,9-16,18H,3-4,7-8,17H2,1-2H3. The number of aryl methyl sites for hydroxylation is 1. The minimum absolute atomic E-state index is 0.860. The Hall–Kier alpha value is -2.52. The molecule has 0 aliphatic heterocycles. The van der Waals surface area contributed by atoms with Crippen LogP contribution < -0.4 is 9.47 Å². The van der Waals surface area contributed by atoms with Crippen LogP contribution in [-0.4, -0.2) is 19.5 Å². The summed E-state index contributed by atoms with van der Waals surface area (Å²) >= 11 is 3.52. The second kappa shape index (κ2) is 9.53. The minimum Gasteiger partial charge on any atom is -0.496 e. The molecule has 4 aromatic carbocycles. The van der Waals surface area contributed by atoms with Crippen molar-refractivity contribution in [3.63, 3.8) is 0 Å². The fourth-order valence-electron chi connectivity index (χ4n) is 4.22. The van der Waals surface area contributed by atoms with Gasteiger partial charge in [-0.15, -0.1) is 0 Å². The molecule has 0 atom stereocenters. The van der Waals surface area contributed by atoms with Crippen LogP contribution >= 0.6 is 15.9 Å². The second-order valence-corrected chi connectivity index (χ2v) is 8.35. The zero-order chi connectivity index (χ0) is 20.9. The van der Waals surface area contributed by atoms with Crippen molar-refractivity contribution in [3.05, 3.63) is 72.3 Å². The van der Waals surface area contributed by atoms with Gasteiger partial charge < -0.3 is 9.47 Å². The number of alkyl halides is 1. The summed E-state index contributed by atoms with van der Waals surface area (Å²) in [5.74, 6) is 1.72. The van der Waals surface area contributed by atoms with Crippen LogP contribution in [-0.2, 0) is 6.42 Å². The van der Waals surface area contributed by atoms with Gasteiger partial charge in [0.25, 0.3) is 0 Å². The Labute approximate surface area is 187 Å². The quantitative estimate of drug-likeness (QED) is 0.196. The number of rotatable bonds is 8. The Morgan fingerprint density at radius 1 is 0.667 bits per heavy atom. The van der Waals surface area contributed by atoms with Crippen LogP contribution in [0.2, 0.25) is 0 Å². The predicted molar refractivity (Wildman–Crippen MR) is 131 cm³/mol. The zero-order valence-corrected chi connectivity index (χ0v) is 19.2. The summed E-state index contributed by atoms with van der Waals surface area (Å²) in [6.45, 7) is 0. The number of hydrogen-bond donors (Lipinski definition) is 0. The van der Waals surface area contributed by atoms with Gasteiger partial charge in [0, 0.05) is 16.5 Å². The van der Waals surface area contributed by atoms with Crippen molar-refractivity contribution in [2.75, 3.05) is 19.5 Å². The Bertz CT molecular complexity index is 1170. The highest BCUT2D eigenvalue weighted by atomic mass is 79.9. The van der Waals surface area contributed by atoms with Crippen LogP contribution in [0.25, 0.3) is 32.7 Å². The third-order valence-electron chi connectivity index (χ3n) is 5.73. The fraction of sp³-hybridized carbons (Fsp3) is 0.259. The second-order valence-electron chi connectivity index (χ2n) is 7.56. The summed E-state index contributed by atoms with van der Waals surface area (Å²) in [5, 5.41) is 5.87. The average Bonchev–Trinajstić information content (AvgIpc) is 2.80. The van der Waals surface area contributed by atoms with Crippen LogP contribution in [0.3, 0.4) is 0 Å². The Balaban J connectivity index is 1.89. The van der Waals surface area contributed by atoms with E-state index in [1.165, 1.54) is 46.4 Å². The Morgan fingerprint density at radius 2 is 1.33 bits per heavy atom. The molecule has 154 valence electrons. The molecule has 3 heteroatoms. The van der Waals surface area contributed by atoms with E-state index in [4.69, 9.17) is 9.47 Å². The molecule has 0 unspecified atom stereocenters. The number of fused-ring (bicyclic) bond motifs is 2. The van der Waals surface area contributed by atoms with E-state index >= 15 is 0 Å². The van der Waals surface area contributed by atoms with Crippen molar-refractivity contribution in [2.45, 2.75) is 25.7 Å². The van der Waals surface area contributed by atoms with Crippen LogP contribution in [0, 0.1) is 0 Å². The van der Waals surface area contributed by atoms with E-state index in [2.05, 4.69) is 76.6 Å². The first-order valence-corrected chi connectivity index (χ1v) is 11.6. The largest absolute Gasteiger partial charge is 0.496 e. The van der Waals surface area contributed by atoms with Gasteiger partial charge in [-0.05, 0) is 58.5 Å². The monoisotopic (exact) mass is 462 g/mol. The molecule has 0 aliphatic carbocycles. The zero-order valence-electron chi connectivity index (χ0n) is 17.6. The molecule has 0 heterocycles. The molecule has 2 nitrogen and oxygen atoms in total. The summed E-state index contributed by atoms with van der Waals surface area (Å²) in [6.07, 6.45) is 4.82. The van der Waals surface area contributed by atoms with E-state index in [1.54, 1.807) is 14.2 Å². The summed E-state index contributed by atoms with van der Waals surface area (Å²) in [6, 6.07) is 23.7. The molecule has 30 heavy (non-hydrogen) atoms. The van der Waals surface area contributed by atoms with Crippen molar-refractivity contribution in [3.8, 4) is 22.6 Å². The molecule has 0 fully saturated rings. The maximum absolute atomic E-state index is 5.82. The first-order chi connectivity index (χ1) is 14.8. The van der Waals surface area contributed by atoms with E-state index in [-0.39, 0.29) is 0 Å². The van der Waals surface area contributed by atoms with Crippen molar-refractivity contribution in [1.82, 2.24) is 0 Å². The summed E-state index contributed by atoms with van der Waals surface area (Å²) in [4.78, 5) is 0. The molecule has 4 aromatic rings. The maximum Gasteiger partial charge on any atom is 0.127 e. The van der Waals surface area contributed by atoms with Gasteiger partial charge in [-0.2, -0.15) is 0 Å². The van der Waals surface area contributed by atoms with Gasteiger partial charge in [-0.3, -0.25) is 0 Å². The van der Waals surface area contributed by atoms with Gasteiger partial charge in [0.15, 0.2) is 0 Å². The van der Waals surface area contributed by atoms with Crippen molar-refractivity contribution < 1.29 is 9.47 Å². The van der Waals surface area contributed by atoms with Gasteiger partial charge in [0.2, 0.25) is 0 Å². The van der Waals surface area contributed by atoms with Gasteiger partial charge >= 0.3 is 0 Å². The molecule has 0 aromatic heterocycles. The summed E-state index contributed by atoms with van der Waals surface area (Å²) in [5.41, 5.74) is 3.57. The highest BCUT2D eigenvalue weighted by molar-refractivity contribution is 9.09. The highest BCUT2D eigenvalue weighted by Gasteiger charge is 2.18. The van der Waals surface area contributed by atoms with Crippen molar-refractivity contribution in [1.29, 1.82) is 0 Å². The van der Waals surface area contributed by atoms with Crippen LogP contribution in [0.1, 0.15) is 24.8 Å². The third kappa shape index (κ3) is 4.04.